The Morgan fingerprint density at radius 2 is 2.00 bits per heavy atom. The van der Waals surface area contributed by atoms with Gasteiger partial charge in [-0.3, -0.25) is 9.59 Å². The number of rotatable bonds is 5. The van der Waals surface area contributed by atoms with Crippen LogP contribution in [0.15, 0.2) is 18.2 Å². The molecule has 1 amide bonds. The third kappa shape index (κ3) is 4.37. The maximum Gasteiger partial charge on any atom is 0.325 e. The molecule has 0 saturated carbocycles. The van der Waals surface area contributed by atoms with Crippen molar-refractivity contribution in [1.29, 1.82) is 0 Å². The van der Waals surface area contributed by atoms with Crippen molar-refractivity contribution in [3.05, 3.63) is 23.8 Å². The van der Waals surface area contributed by atoms with Gasteiger partial charge in [-0.2, -0.15) is 0 Å². The van der Waals surface area contributed by atoms with Crippen LogP contribution in [0.4, 0.5) is 0 Å². The molecule has 1 heterocycles. The summed E-state index contributed by atoms with van der Waals surface area (Å²) in [5, 5.41) is 11.2. The number of carbonyl (C=O) groups excluding carboxylic acids is 1. The van der Waals surface area contributed by atoms with E-state index >= 15 is 0 Å². The predicted octanol–water partition coefficient (Wildman–Crippen LogP) is 1.37. The molecule has 0 bridgehead atoms. The molecule has 1 aromatic rings. The normalized spacial score (nSPS) is 14.9. The van der Waals surface area contributed by atoms with Gasteiger partial charge in [-0.25, -0.2) is 0 Å². The van der Waals surface area contributed by atoms with Crippen molar-refractivity contribution in [3.63, 3.8) is 0 Å². The van der Waals surface area contributed by atoms with Crippen molar-refractivity contribution in [2.75, 3.05) is 13.2 Å². The lowest BCUT2D eigenvalue weighted by atomic mass is 10.1. The molecule has 1 aliphatic heterocycles. The van der Waals surface area contributed by atoms with E-state index in [1.807, 2.05) is 18.2 Å². The molecule has 21 heavy (non-hydrogen) atoms. The van der Waals surface area contributed by atoms with Gasteiger partial charge in [-0.1, -0.05) is 6.07 Å². The van der Waals surface area contributed by atoms with Gasteiger partial charge in [0.15, 0.2) is 11.5 Å². The zero-order chi connectivity index (χ0) is 15.2. The molecular formula is C15H19NO5. The molecule has 0 fully saturated rings. The van der Waals surface area contributed by atoms with Crippen LogP contribution in [0.2, 0.25) is 0 Å². The molecular weight excluding hydrogens is 274 g/mol. The maximum atomic E-state index is 11.6. The van der Waals surface area contributed by atoms with Crippen molar-refractivity contribution >= 4 is 11.9 Å². The molecule has 114 valence electrons. The molecule has 0 aromatic heterocycles. The van der Waals surface area contributed by atoms with Crippen LogP contribution in [0.25, 0.3) is 0 Å². The average Bonchev–Trinajstić information content (AvgIpc) is 2.69. The first-order valence-corrected chi connectivity index (χ1v) is 6.97. The Hall–Kier alpha value is -2.24. The number of fused-ring (bicyclic) bond motifs is 1. The highest BCUT2D eigenvalue weighted by Crippen LogP contribution is 2.30. The van der Waals surface area contributed by atoms with E-state index in [9.17, 15) is 9.59 Å². The van der Waals surface area contributed by atoms with Crippen molar-refractivity contribution in [2.45, 2.75) is 32.2 Å². The van der Waals surface area contributed by atoms with E-state index in [0.717, 1.165) is 17.7 Å². The summed E-state index contributed by atoms with van der Waals surface area (Å²) >= 11 is 0. The minimum absolute atomic E-state index is 0.233. The molecule has 0 aliphatic carbocycles. The second-order valence-electron chi connectivity index (χ2n) is 4.96. The summed E-state index contributed by atoms with van der Waals surface area (Å²) in [5.74, 6) is 0.0976. The summed E-state index contributed by atoms with van der Waals surface area (Å²) in [5.41, 5.74) is 0.956. The fourth-order valence-corrected chi connectivity index (χ4v) is 2.00. The van der Waals surface area contributed by atoms with E-state index in [1.54, 1.807) is 0 Å². The second-order valence-corrected chi connectivity index (χ2v) is 4.96. The van der Waals surface area contributed by atoms with Crippen LogP contribution in [-0.4, -0.2) is 36.2 Å². The van der Waals surface area contributed by atoms with Gasteiger partial charge in [-0.05, 0) is 31.0 Å². The Kier molecular flexibility index (Phi) is 5.03. The van der Waals surface area contributed by atoms with Crippen molar-refractivity contribution < 1.29 is 24.2 Å². The number of hydrogen-bond donors (Lipinski definition) is 2. The van der Waals surface area contributed by atoms with Gasteiger partial charge in [-0.15, -0.1) is 0 Å². The zero-order valence-electron chi connectivity index (χ0n) is 11.9. The summed E-state index contributed by atoms with van der Waals surface area (Å²) < 4.78 is 11.1. The summed E-state index contributed by atoms with van der Waals surface area (Å²) in [6.45, 7) is 2.70. The first kappa shape index (κ1) is 15.2. The smallest absolute Gasteiger partial charge is 0.325 e. The molecule has 2 N–H and O–H groups in total. The number of carboxylic acids is 1. The molecule has 6 heteroatoms. The number of aryl methyl sites for hydroxylation is 1. The zero-order valence-corrected chi connectivity index (χ0v) is 11.9. The van der Waals surface area contributed by atoms with Gasteiger partial charge in [0.1, 0.15) is 6.04 Å². The van der Waals surface area contributed by atoms with E-state index in [2.05, 4.69) is 5.32 Å². The second kappa shape index (κ2) is 6.97. The lowest BCUT2D eigenvalue weighted by molar-refractivity contribution is -0.141. The number of nitrogens with one attached hydrogen (secondary N) is 1. The first-order valence-electron chi connectivity index (χ1n) is 6.97. The lowest BCUT2D eigenvalue weighted by Gasteiger charge is -2.11. The van der Waals surface area contributed by atoms with Gasteiger partial charge in [0.25, 0.3) is 0 Å². The molecule has 0 spiro atoms. The minimum Gasteiger partial charge on any atom is -0.490 e. The number of ether oxygens (including phenoxy) is 2. The number of hydrogen-bond acceptors (Lipinski definition) is 4. The van der Waals surface area contributed by atoms with E-state index in [4.69, 9.17) is 14.6 Å². The predicted molar refractivity (Wildman–Crippen MR) is 75.6 cm³/mol. The highest BCUT2D eigenvalue weighted by Gasteiger charge is 2.14. The lowest BCUT2D eigenvalue weighted by Crippen LogP contribution is -2.38. The summed E-state index contributed by atoms with van der Waals surface area (Å²) in [4.78, 5) is 22.3. The minimum atomic E-state index is -1.04. The standard InChI is InChI=1S/C15H19NO5/c1-10(15(18)19)16-14(17)6-4-11-3-5-12-13(9-11)21-8-2-7-20-12/h3,5,9-10H,2,4,6-8H2,1H3,(H,16,17)(H,18,19)/t10-/m0/s1. The number of benzene rings is 1. The SMILES string of the molecule is C[C@H](NC(=O)CCc1ccc2c(c1)OCCCO2)C(=O)O. The van der Waals surface area contributed by atoms with Gasteiger partial charge in [0, 0.05) is 12.8 Å². The largest absolute Gasteiger partial charge is 0.490 e. The summed E-state index contributed by atoms with van der Waals surface area (Å²) in [7, 11) is 0. The highest BCUT2D eigenvalue weighted by atomic mass is 16.5. The number of carbonyl (C=O) groups is 2. The fraction of sp³-hybridized carbons (Fsp3) is 0.467. The molecule has 0 radical (unpaired) electrons. The van der Waals surface area contributed by atoms with Crippen LogP contribution < -0.4 is 14.8 Å². The monoisotopic (exact) mass is 293 g/mol. The van der Waals surface area contributed by atoms with Crippen LogP contribution >= 0.6 is 0 Å². The Labute approximate surface area is 123 Å². The Morgan fingerprint density at radius 1 is 1.29 bits per heavy atom. The maximum absolute atomic E-state index is 11.6. The van der Waals surface area contributed by atoms with E-state index < -0.39 is 12.0 Å². The Balaban J connectivity index is 1.90. The summed E-state index contributed by atoms with van der Waals surface area (Å²) in [6, 6.07) is 4.73. The third-order valence-corrected chi connectivity index (χ3v) is 3.20. The van der Waals surface area contributed by atoms with Gasteiger partial charge >= 0.3 is 5.97 Å². The number of amides is 1. The Morgan fingerprint density at radius 3 is 2.71 bits per heavy atom. The van der Waals surface area contributed by atoms with E-state index in [1.165, 1.54) is 6.92 Å². The van der Waals surface area contributed by atoms with Gasteiger partial charge in [0.05, 0.1) is 13.2 Å². The molecule has 1 aromatic carbocycles. The van der Waals surface area contributed by atoms with E-state index in [0.29, 0.717) is 25.4 Å². The van der Waals surface area contributed by atoms with Crippen molar-refractivity contribution in [2.24, 2.45) is 0 Å². The van der Waals surface area contributed by atoms with Crippen LogP contribution in [0.3, 0.4) is 0 Å². The number of aliphatic carboxylic acids is 1. The van der Waals surface area contributed by atoms with Crippen LogP contribution in [0.1, 0.15) is 25.3 Å². The molecule has 0 saturated heterocycles. The van der Waals surface area contributed by atoms with Crippen molar-refractivity contribution in [3.8, 4) is 11.5 Å². The fourth-order valence-electron chi connectivity index (χ4n) is 2.00. The molecule has 0 unspecified atom stereocenters. The average molecular weight is 293 g/mol. The first-order chi connectivity index (χ1) is 10.1. The molecule has 1 atom stereocenters. The Bertz CT molecular complexity index is 529. The molecule has 6 nitrogen and oxygen atoms in total. The van der Waals surface area contributed by atoms with E-state index in [-0.39, 0.29) is 12.3 Å². The summed E-state index contributed by atoms with van der Waals surface area (Å²) in [6.07, 6.45) is 1.60. The van der Waals surface area contributed by atoms with Crippen LogP contribution in [0.5, 0.6) is 11.5 Å². The molecule has 1 aliphatic rings. The molecule has 2 rings (SSSR count). The van der Waals surface area contributed by atoms with Crippen LogP contribution in [-0.2, 0) is 16.0 Å². The van der Waals surface area contributed by atoms with Gasteiger partial charge < -0.3 is 19.9 Å². The van der Waals surface area contributed by atoms with Crippen molar-refractivity contribution in [1.82, 2.24) is 5.32 Å². The third-order valence-electron chi connectivity index (χ3n) is 3.20. The topological polar surface area (TPSA) is 84.9 Å². The van der Waals surface area contributed by atoms with Crippen LogP contribution in [0, 0.1) is 0 Å². The quantitative estimate of drug-likeness (QED) is 0.856. The highest BCUT2D eigenvalue weighted by molar-refractivity contribution is 5.83. The van der Waals surface area contributed by atoms with Gasteiger partial charge in [0.2, 0.25) is 5.91 Å². The number of carboxylic acid groups (broad SMARTS) is 1.